The minimum Gasteiger partial charge on any atom is -0.394 e. The summed E-state index contributed by atoms with van der Waals surface area (Å²) in [6, 6.07) is 6.84. The van der Waals surface area contributed by atoms with E-state index in [4.69, 9.17) is 9.84 Å². The Kier molecular flexibility index (Phi) is 4.25. The molecule has 2 atom stereocenters. The van der Waals surface area contributed by atoms with Gasteiger partial charge in [0.1, 0.15) is 0 Å². The molecule has 0 aromatic heterocycles. The third-order valence-corrected chi connectivity index (χ3v) is 4.95. The van der Waals surface area contributed by atoms with E-state index in [-0.39, 0.29) is 19.3 Å². The number of hydrogen-bond donors (Lipinski definition) is 1. The highest BCUT2D eigenvalue weighted by molar-refractivity contribution is 7.89. The second-order valence-corrected chi connectivity index (χ2v) is 6.83. The van der Waals surface area contributed by atoms with E-state index in [2.05, 4.69) is 0 Å². The van der Waals surface area contributed by atoms with Crippen molar-refractivity contribution in [3.05, 3.63) is 29.8 Å². The van der Waals surface area contributed by atoms with E-state index >= 15 is 0 Å². The summed E-state index contributed by atoms with van der Waals surface area (Å²) in [5, 5.41) is 9.16. The largest absolute Gasteiger partial charge is 0.394 e. The summed E-state index contributed by atoms with van der Waals surface area (Å²) < 4.78 is 31.9. The molecule has 0 spiro atoms. The van der Waals surface area contributed by atoms with Crippen LogP contribution in [0.25, 0.3) is 0 Å². The third-order valence-electron chi connectivity index (χ3n) is 3.12. The molecular formula is C13H19NO4S. The van der Waals surface area contributed by atoms with Gasteiger partial charge in [0.2, 0.25) is 10.0 Å². The fraction of sp³-hybridized carbons (Fsp3) is 0.538. The lowest BCUT2D eigenvalue weighted by Crippen LogP contribution is -2.50. The van der Waals surface area contributed by atoms with Gasteiger partial charge in [0, 0.05) is 13.1 Å². The van der Waals surface area contributed by atoms with Crippen molar-refractivity contribution in [1.29, 1.82) is 0 Å². The summed E-state index contributed by atoms with van der Waals surface area (Å²) in [6.45, 7) is 3.99. The van der Waals surface area contributed by atoms with Gasteiger partial charge in [-0.2, -0.15) is 4.31 Å². The Morgan fingerprint density at radius 1 is 1.42 bits per heavy atom. The monoisotopic (exact) mass is 285 g/mol. The summed E-state index contributed by atoms with van der Waals surface area (Å²) in [5.74, 6) is 0. The van der Waals surface area contributed by atoms with Crippen molar-refractivity contribution in [3.63, 3.8) is 0 Å². The van der Waals surface area contributed by atoms with E-state index in [1.54, 1.807) is 25.1 Å². The van der Waals surface area contributed by atoms with E-state index in [9.17, 15) is 8.42 Å². The van der Waals surface area contributed by atoms with Crippen LogP contribution in [0.3, 0.4) is 0 Å². The van der Waals surface area contributed by atoms with Crippen molar-refractivity contribution >= 4 is 10.0 Å². The van der Waals surface area contributed by atoms with Gasteiger partial charge in [0.25, 0.3) is 0 Å². The van der Waals surface area contributed by atoms with Gasteiger partial charge >= 0.3 is 0 Å². The summed E-state index contributed by atoms with van der Waals surface area (Å²) >= 11 is 0. The molecule has 0 aliphatic carbocycles. The first-order chi connectivity index (χ1) is 8.93. The number of hydrogen-bond acceptors (Lipinski definition) is 4. The van der Waals surface area contributed by atoms with E-state index in [0.29, 0.717) is 11.4 Å². The highest BCUT2D eigenvalue weighted by Gasteiger charge is 2.33. The van der Waals surface area contributed by atoms with Crippen molar-refractivity contribution in [3.8, 4) is 0 Å². The normalized spacial score (nSPS) is 25.4. The number of benzene rings is 1. The number of aryl methyl sites for hydroxylation is 1. The molecule has 2 unspecified atom stereocenters. The zero-order chi connectivity index (χ0) is 14.0. The first-order valence-corrected chi connectivity index (χ1v) is 7.70. The quantitative estimate of drug-likeness (QED) is 0.890. The molecule has 19 heavy (non-hydrogen) atoms. The smallest absolute Gasteiger partial charge is 0.243 e. The molecule has 1 N–H and O–H groups in total. The Hall–Kier alpha value is -0.950. The van der Waals surface area contributed by atoms with Crippen molar-refractivity contribution in [2.75, 3.05) is 19.7 Å². The van der Waals surface area contributed by atoms with Crippen LogP contribution in [0, 0.1) is 6.92 Å². The number of rotatable bonds is 3. The lowest BCUT2D eigenvalue weighted by atomic mass is 10.2. The maximum atomic E-state index is 12.5. The standard InChI is InChI=1S/C13H19NO4S/c1-10-4-3-5-13(6-10)19(16,17)14-7-11(2)18-12(8-14)9-15/h3-6,11-12,15H,7-9H2,1-2H3. The van der Waals surface area contributed by atoms with Gasteiger partial charge < -0.3 is 9.84 Å². The van der Waals surface area contributed by atoms with Gasteiger partial charge in [-0.3, -0.25) is 0 Å². The molecule has 1 aliphatic heterocycles. The molecule has 5 nitrogen and oxygen atoms in total. The Labute approximate surface area is 113 Å². The minimum absolute atomic E-state index is 0.176. The van der Waals surface area contributed by atoms with E-state index in [1.807, 2.05) is 13.0 Å². The van der Waals surface area contributed by atoms with Crippen molar-refractivity contribution < 1.29 is 18.3 Å². The van der Waals surface area contributed by atoms with Crippen LogP contribution >= 0.6 is 0 Å². The molecule has 0 radical (unpaired) electrons. The third kappa shape index (κ3) is 3.14. The molecule has 1 saturated heterocycles. The van der Waals surface area contributed by atoms with Crippen molar-refractivity contribution in [2.24, 2.45) is 0 Å². The zero-order valence-electron chi connectivity index (χ0n) is 11.1. The van der Waals surface area contributed by atoms with Crippen LogP contribution in [0.5, 0.6) is 0 Å². The van der Waals surface area contributed by atoms with Crippen LogP contribution in [0.4, 0.5) is 0 Å². The van der Waals surface area contributed by atoms with E-state index < -0.39 is 16.1 Å². The highest BCUT2D eigenvalue weighted by Crippen LogP contribution is 2.21. The summed E-state index contributed by atoms with van der Waals surface area (Å²) in [4.78, 5) is 0.290. The second-order valence-electron chi connectivity index (χ2n) is 4.89. The van der Waals surface area contributed by atoms with Gasteiger partial charge in [0.15, 0.2) is 0 Å². The number of ether oxygens (including phenoxy) is 1. The molecule has 0 amide bonds. The topological polar surface area (TPSA) is 66.8 Å². The van der Waals surface area contributed by atoms with Crippen LogP contribution in [0.1, 0.15) is 12.5 Å². The van der Waals surface area contributed by atoms with Gasteiger partial charge in [0.05, 0.1) is 23.7 Å². The molecular weight excluding hydrogens is 266 g/mol. The average Bonchev–Trinajstić information content (AvgIpc) is 2.38. The van der Waals surface area contributed by atoms with Gasteiger partial charge in [-0.15, -0.1) is 0 Å². The SMILES string of the molecule is Cc1cccc(S(=O)(=O)N2CC(C)OC(CO)C2)c1. The number of sulfonamides is 1. The number of aliphatic hydroxyl groups is 1. The molecule has 1 aromatic carbocycles. The first kappa shape index (κ1) is 14.5. The molecule has 6 heteroatoms. The van der Waals surface area contributed by atoms with Gasteiger partial charge in [-0.25, -0.2) is 8.42 Å². The summed E-state index contributed by atoms with van der Waals surface area (Å²) in [5.41, 5.74) is 0.904. The Morgan fingerprint density at radius 3 is 2.79 bits per heavy atom. The number of aliphatic hydroxyl groups excluding tert-OH is 1. The molecule has 0 saturated carbocycles. The zero-order valence-corrected chi connectivity index (χ0v) is 11.9. The fourth-order valence-corrected chi connectivity index (χ4v) is 3.88. The van der Waals surface area contributed by atoms with Crippen LogP contribution in [-0.4, -0.2) is 49.7 Å². The number of morpholine rings is 1. The Bertz CT molecular complexity index is 543. The van der Waals surface area contributed by atoms with Crippen LogP contribution < -0.4 is 0 Å². The summed E-state index contributed by atoms with van der Waals surface area (Å²) in [7, 11) is -3.52. The van der Waals surface area contributed by atoms with Gasteiger partial charge in [-0.05, 0) is 31.5 Å². The maximum Gasteiger partial charge on any atom is 0.243 e. The van der Waals surface area contributed by atoms with Crippen LogP contribution in [0.15, 0.2) is 29.2 Å². The molecule has 1 aromatic rings. The average molecular weight is 285 g/mol. The van der Waals surface area contributed by atoms with E-state index in [0.717, 1.165) is 5.56 Å². The van der Waals surface area contributed by atoms with Crippen LogP contribution in [-0.2, 0) is 14.8 Å². The Balaban J connectivity index is 2.29. The molecule has 1 heterocycles. The van der Waals surface area contributed by atoms with Crippen molar-refractivity contribution in [1.82, 2.24) is 4.31 Å². The fourth-order valence-electron chi connectivity index (χ4n) is 2.22. The second kappa shape index (κ2) is 5.58. The van der Waals surface area contributed by atoms with E-state index in [1.165, 1.54) is 4.31 Å². The molecule has 1 fully saturated rings. The molecule has 106 valence electrons. The first-order valence-electron chi connectivity index (χ1n) is 6.26. The molecule has 1 aliphatic rings. The maximum absolute atomic E-state index is 12.5. The molecule has 0 bridgehead atoms. The van der Waals surface area contributed by atoms with Crippen molar-refractivity contribution in [2.45, 2.75) is 31.0 Å². The lowest BCUT2D eigenvalue weighted by Gasteiger charge is -2.35. The summed E-state index contributed by atoms with van der Waals surface area (Å²) in [6.07, 6.45) is -0.672. The predicted octanol–water partition coefficient (Wildman–Crippen LogP) is 0.765. The van der Waals surface area contributed by atoms with Gasteiger partial charge in [-0.1, -0.05) is 12.1 Å². The Morgan fingerprint density at radius 2 is 2.16 bits per heavy atom. The van der Waals surface area contributed by atoms with Crippen LogP contribution in [0.2, 0.25) is 0 Å². The highest BCUT2D eigenvalue weighted by atomic mass is 32.2. The minimum atomic E-state index is -3.52. The lowest BCUT2D eigenvalue weighted by molar-refractivity contribution is -0.0750. The predicted molar refractivity (Wildman–Crippen MR) is 71.4 cm³/mol. The molecule has 2 rings (SSSR count). The number of nitrogens with zero attached hydrogens (tertiary/aromatic N) is 1.